The largest absolute Gasteiger partial charge is 0.484 e. The number of hydrogen-bond acceptors (Lipinski definition) is 3. The number of hydrogen-bond donors (Lipinski definition) is 1. The maximum atomic E-state index is 12.7. The Bertz CT molecular complexity index is 885. The van der Waals surface area contributed by atoms with Crippen molar-refractivity contribution in [1.29, 1.82) is 0 Å². The van der Waals surface area contributed by atoms with Crippen LogP contribution in [0.5, 0.6) is 5.75 Å². The van der Waals surface area contributed by atoms with Crippen LogP contribution in [-0.2, 0) is 4.79 Å². The number of halogens is 4. The summed E-state index contributed by atoms with van der Waals surface area (Å²) in [6, 6.07) is 10.2. The van der Waals surface area contributed by atoms with Crippen LogP contribution >= 0.6 is 11.6 Å². The molecule has 0 radical (unpaired) electrons. The van der Waals surface area contributed by atoms with E-state index in [0.29, 0.717) is 35.8 Å². The number of benzene rings is 2. The molecule has 1 saturated heterocycles. The van der Waals surface area contributed by atoms with Gasteiger partial charge in [-0.25, -0.2) is 0 Å². The lowest BCUT2D eigenvalue weighted by molar-refractivity contribution is -0.153. The van der Waals surface area contributed by atoms with E-state index in [1.807, 2.05) is 0 Å². The first-order valence-corrected chi connectivity index (χ1v) is 8.81. The number of carbonyl (C=O) groups excluding carboxylic acids is 2. The van der Waals surface area contributed by atoms with Gasteiger partial charge in [-0.15, -0.1) is 0 Å². The molecule has 28 heavy (non-hydrogen) atoms. The molecule has 1 N–H and O–H groups in total. The molecule has 2 aromatic rings. The minimum absolute atomic E-state index is 0.0326. The molecule has 1 fully saturated rings. The Hall–Kier alpha value is -2.74. The highest BCUT2D eigenvalue weighted by Crippen LogP contribution is 2.29. The number of nitrogens with zero attached hydrogens (tertiary/aromatic N) is 1. The van der Waals surface area contributed by atoms with E-state index in [9.17, 15) is 22.8 Å². The van der Waals surface area contributed by atoms with Gasteiger partial charge in [-0.2, -0.15) is 13.2 Å². The lowest BCUT2D eigenvalue weighted by Gasteiger charge is -2.20. The number of anilines is 2. The van der Waals surface area contributed by atoms with Gasteiger partial charge >= 0.3 is 6.18 Å². The van der Waals surface area contributed by atoms with Gasteiger partial charge in [0, 0.05) is 23.7 Å². The summed E-state index contributed by atoms with van der Waals surface area (Å²) in [5, 5.41) is 3.06. The SMILES string of the molecule is O=C(Nc1ccc(OCC(F)(F)F)cc1)c1ccc(Cl)cc1N1CCCC1=O. The summed E-state index contributed by atoms with van der Waals surface area (Å²) < 4.78 is 41.2. The molecule has 2 aromatic carbocycles. The van der Waals surface area contributed by atoms with Crippen LogP contribution < -0.4 is 15.0 Å². The predicted octanol–water partition coefficient (Wildman–Crippen LogP) is 4.66. The summed E-state index contributed by atoms with van der Waals surface area (Å²) in [6.45, 7) is -0.887. The molecule has 0 aliphatic carbocycles. The van der Waals surface area contributed by atoms with Crippen molar-refractivity contribution in [3.63, 3.8) is 0 Å². The molecular weight excluding hydrogens is 397 g/mol. The zero-order valence-corrected chi connectivity index (χ0v) is 15.3. The third-order valence-corrected chi connectivity index (χ3v) is 4.32. The minimum Gasteiger partial charge on any atom is -0.484 e. The molecule has 0 unspecified atom stereocenters. The molecule has 148 valence electrons. The van der Waals surface area contributed by atoms with E-state index >= 15 is 0 Å². The lowest BCUT2D eigenvalue weighted by Crippen LogP contribution is -2.27. The summed E-state index contributed by atoms with van der Waals surface area (Å²) in [5.74, 6) is -0.511. The zero-order chi connectivity index (χ0) is 20.3. The van der Waals surface area contributed by atoms with Crippen LogP contribution in [0.4, 0.5) is 24.5 Å². The van der Waals surface area contributed by atoms with Gasteiger partial charge in [0.25, 0.3) is 5.91 Å². The second kappa shape index (κ2) is 8.10. The van der Waals surface area contributed by atoms with Crippen molar-refractivity contribution in [2.75, 3.05) is 23.4 Å². The summed E-state index contributed by atoms with van der Waals surface area (Å²) in [5.41, 5.74) is 1.08. The highest BCUT2D eigenvalue weighted by molar-refractivity contribution is 6.31. The average molecular weight is 413 g/mol. The Kier molecular flexibility index (Phi) is 5.79. The fraction of sp³-hybridized carbons (Fsp3) is 0.263. The molecular formula is C19H16ClF3N2O3. The van der Waals surface area contributed by atoms with Crippen LogP contribution in [0.2, 0.25) is 5.02 Å². The maximum Gasteiger partial charge on any atom is 0.422 e. The average Bonchev–Trinajstić information content (AvgIpc) is 3.06. The second-order valence-electron chi connectivity index (χ2n) is 6.19. The lowest BCUT2D eigenvalue weighted by atomic mass is 10.1. The Morgan fingerprint density at radius 1 is 1.18 bits per heavy atom. The van der Waals surface area contributed by atoms with Gasteiger partial charge in [0.1, 0.15) is 5.75 Å². The van der Waals surface area contributed by atoms with E-state index in [1.54, 1.807) is 12.1 Å². The molecule has 3 rings (SSSR count). The molecule has 0 bridgehead atoms. The fourth-order valence-electron chi connectivity index (χ4n) is 2.82. The van der Waals surface area contributed by atoms with Crippen molar-refractivity contribution in [1.82, 2.24) is 0 Å². The van der Waals surface area contributed by atoms with Gasteiger partial charge in [-0.05, 0) is 48.9 Å². The van der Waals surface area contributed by atoms with Crippen molar-refractivity contribution in [2.24, 2.45) is 0 Å². The Morgan fingerprint density at radius 2 is 1.89 bits per heavy atom. The molecule has 5 nitrogen and oxygen atoms in total. The molecule has 0 saturated carbocycles. The molecule has 1 aliphatic heterocycles. The van der Waals surface area contributed by atoms with Crippen molar-refractivity contribution >= 4 is 34.8 Å². The van der Waals surface area contributed by atoms with E-state index < -0.39 is 18.7 Å². The third-order valence-electron chi connectivity index (χ3n) is 4.08. The zero-order valence-electron chi connectivity index (χ0n) is 14.6. The second-order valence-corrected chi connectivity index (χ2v) is 6.63. The standard InChI is InChI=1S/C19H16ClF3N2O3/c20-12-3-8-15(16(10-12)25-9-1-2-17(25)26)18(27)24-13-4-6-14(7-5-13)28-11-19(21,22)23/h3-8,10H,1-2,9,11H2,(H,24,27). The van der Waals surface area contributed by atoms with Crippen LogP contribution in [0.15, 0.2) is 42.5 Å². The van der Waals surface area contributed by atoms with Crippen LogP contribution in [-0.4, -0.2) is 31.1 Å². The normalized spacial score (nSPS) is 14.3. The topological polar surface area (TPSA) is 58.6 Å². The van der Waals surface area contributed by atoms with E-state index in [2.05, 4.69) is 10.1 Å². The van der Waals surface area contributed by atoms with Gasteiger partial charge in [-0.1, -0.05) is 11.6 Å². The summed E-state index contributed by atoms with van der Waals surface area (Å²) in [4.78, 5) is 26.2. The van der Waals surface area contributed by atoms with Crippen molar-refractivity contribution < 1.29 is 27.5 Å². The molecule has 9 heteroatoms. The van der Waals surface area contributed by atoms with Gasteiger partial charge in [-0.3, -0.25) is 9.59 Å². The Morgan fingerprint density at radius 3 is 2.50 bits per heavy atom. The molecule has 1 heterocycles. The molecule has 2 amide bonds. The first-order chi connectivity index (χ1) is 13.2. The fourth-order valence-corrected chi connectivity index (χ4v) is 2.99. The highest BCUT2D eigenvalue weighted by atomic mass is 35.5. The molecule has 0 aromatic heterocycles. The number of ether oxygens (including phenoxy) is 1. The summed E-state index contributed by atoms with van der Waals surface area (Å²) in [7, 11) is 0. The van der Waals surface area contributed by atoms with E-state index in [4.69, 9.17) is 11.6 Å². The van der Waals surface area contributed by atoms with Crippen molar-refractivity contribution in [2.45, 2.75) is 19.0 Å². The number of alkyl halides is 3. The minimum atomic E-state index is -4.43. The van der Waals surface area contributed by atoms with E-state index in [0.717, 1.165) is 0 Å². The third kappa shape index (κ3) is 4.95. The van der Waals surface area contributed by atoms with Crippen molar-refractivity contribution in [3.8, 4) is 5.75 Å². The highest BCUT2D eigenvalue weighted by Gasteiger charge is 2.28. The van der Waals surface area contributed by atoms with Crippen molar-refractivity contribution in [3.05, 3.63) is 53.1 Å². The van der Waals surface area contributed by atoms with E-state index in [1.165, 1.54) is 35.2 Å². The van der Waals surface area contributed by atoms with Crippen LogP contribution in [0.25, 0.3) is 0 Å². The molecule has 0 spiro atoms. The Balaban J connectivity index is 1.74. The number of rotatable bonds is 5. The van der Waals surface area contributed by atoms with E-state index in [-0.39, 0.29) is 17.2 Å². The maximum absolute atomic E-state index is 12.7. The Labute approximate surface area is 164 Å². The smallest absolute Gasteiger partial charge is 0.422 e. The van der Waals surface area contributed by atoms with Gasteiger partial charge in [0.2, 0.25) is 5.91 Å². The van der Waals surface area contributed by atoms with Crippen LogP contribution in [0, 0.1) is 0 Å². The number of nitrogens with one attached hydrogen (secondary N) is 1. The van der Waals surface area contributed by atoms with Gasteiger partial charge in [0.05, 0.1) is 11.3 Å². The first kappa shape index (κ1) is 20.0. The summed E-state index contributed by atoms with van der Waals surface area (Å²) >= 11 is 6.02. The van der Waals surface area contributed by atoms with Gasteiger partial charge < -0.3 is 15.0 Å². The monoisotopic (exact) mass is 412 g/mol. The quantitative estimate of drug-likeness (QED) is 0.777. The van der Waals surface area contributed by atoms with Crippen LogP contribution in [0.1, 0.15) is 23.2 Å². The van der Waals surface area contributed by atoms with Gasteiger partial charge in [0.15, 0.2) is 6.61 Å². The predicted molar refractivity (Wildman–Crippen MR) is 99.0 cm³/mol. The molecule has 0 atom stereocenters. The summed E-state index contributed by atoms with van der Waals surface area (Å²) in [6.07, 6.45) is -3.32. The first-order valence-electron chi connectivity index (χ1n) is 8.44. The molecule has 1 aliphatic rings. The number of amides is 2. The van der Waals surface area contributed by atoms with Crippen LogP contribution in [0.3, 0.4) is 0 Å². The number of carbonyl (C=O) groups is 2.